The van der Waals surface area contributed by atoms with Crippen molar-refractivity contribution in [3.8, 4) is 11.1 Å². The summed E-state index contributed by atoms with van der Waals surface area (Å²) < 4.78 is 5.53. The van der Waals surface area contributed by atoms with E-state index in [9.17, 15) is 19.5 Å². The number of benzene rings is 2. The van der Waals surface area contributed by atoms with Crippen molar-refractivity contribution in [1.29, 1.82) is 0 Å². The Morgan fingerprint density at radius 2 is 1.67 bits per heavy atom. The first kappa shape index (κ1) is 22.8. The average Bonchev–Trinajstić information content (AvgIpc) is 3.08. The number of carbonyl (C=O) groups excluding carboxylic acids is 2. The van der Waals surface area contributed by atoms with Crippen LogP contribution in [-0.4, -0.2) is 53.7 Å². The number of alkyl carbamates (subject to hydrolysis) is 1. The predicted octanol–water partition coefficient (Wildman–Crippen LogP) is 3.87. The number of nitrogens with one attached hydrogen (secondary N) is 1. The van der Waals surface area contributed by atoms with E-state index < -0.39 is 23.5 Å². The number of amides is 2. The minimum atomic E-state index is -0.982. The van der Waals surface area contributed by atoms with Gasteiger partial charge in [-0.2, -0.15) is 0 Å². The van der Waals surface area contributed by atoms with Crippen LogP contribution in [0.3, 0.4) is 0 Å². The van der Waals surface area contributed by atoms with Gasteiger partial charge in [0.1, 0.15) is 12.6 Å². The number of carboxylic acids is 1. The zero-order valence-corrected chi connectivity index (χ0v) is 19.2. The molecule has 1 heterocycles. The summed E-state index contributed by atoms with van der Waals surface area (Å²) in [6.45, 7) is 6.47. The molecule has 2 atom stereocenters. The zero-order valence-electron chi connectivity index (χ0n) is 19.2. The molecule has 0 bridgehead atoms. The number of carboxylic acid groups (broad SMARTS) is 1. The maximum atomic E-state index is 12.5. The van der Waals surface area contributed by atoms with E-state index in [0.717, 1.165) is 11.1 Å². The third-order valence-corrected chi connectivity index (χ3v) is 6.65. The van der Waals surface area contributed by atoms with E-state index in [0.29, 0.717) is 6.54 Å². The third kappa shape index (κ3) is 4.45. The lowest BCUT2D eigenvalue weighted by Gasteiger charge is -2.51. The molecule has 0 radical (unpaired) electrons. The number of fused-ring (bicyclic) bond motifs is 3. The van der Waals surface area contributed by atoms with E-state index in [2.05, 4.69) is 29.6 Å². The lowest BCUT2D eigenvalue weighted by Crippen LogP contribution is -2.67. The van der Waals surface area contributed by atoms with Crippen LogP contribution in [0, 0.1) is 11.3 Å². The monoisotopic (exact) mass is 450 g/mol. The molecule has 174 valence electrons. The molecule has 1 aliphatic carbocycles. The summed E-state index contributed by atoms with van der Waals surface area (Å²) in [5, 5.41) is 12.1. The van der Waals surface area contributed by atoms with Crippen LogP contribution < -0.4 is 5.32 Å². The number of nitrogens with zero attached hydrogens (tertiary/aromatic N) is 1. The van der Waals surface area contributed by atoms with Gasteiger partial charge in [-0.25, -0.2) is 9.59 Å². The van der Waals surface area contributed by atoms with Gasteiger partial charge < -0.3 is 20.1 Å². The Bertz CT molecular complexity index is 1030. The fourth-order valence-corrected chi connectivity index (χ4v) is 5.02. The van der Waals surface area contributed by atoms with E-state index in [-0.39, 0.29) is 37.3 Å². The van der Waals surface area contributed by atoms with Crippen LogP contribution in [0.2, 0.25) is 0 Å². The van der Waals surface area contributed by atoms with Crippen LogP contribution in [0.15, 0.2) is 48.5 Å². The Hall–Kier alpha value is -3.35. The SMILES string of the molecule is CC(CNC(=O)OCC1c2ccccc2-c2ccccc21)CC(=O)N1CC(C)(C)C1C(=O)O. The van der Waals surface area contributed by atoms with Gasteiger partial charge in [-0.15, -0.1) is 0 Å². The topological polar surface area (TPSA) is 95.9 Å². The molecule has 7 heteroatoms. The summed E-state index contributed by atoms with van der Waals surface area (Å²) in [7, 11) is 0. The fourth-order valence-electron chi connectivity index (χ4n) is 5.02. The average molecular weight is 451 g/mol. The van der Waals surface area contributed by atoms with Crippen LogP contribution in [0.4, 0.5) is 4.79 Å². The summed E-state index contributed by atoms with van der Waals surface area (Å²) in [6.07, 6.45) is -0.353. The number of hydrogen-bond acceptors (Lipinski definition) is 4. The Morgan fingerprint density at radius 3 is 2.21 bits per heavy atom. The van der Waals surface area contributed by atoms with Crippen LogP contribution in [0.25, 0.3) is 11.1 Å². The number of aliphatic carboxylic acids is 1. The van der Waals surface area contributed by atoms with E-state index in [1.54, 1.807) is 0 Å². The molecule has 0 aromatic heterocycles. The summed E-state index contributed by atoms with van der Waals surface area (Å²) in [4.78, 5) is 37.8. The van der Waals surface area contributed by atoms with Gasteiger partial charge in [-0.1, -0.05) is 69.3 Å². The van der Waals surface area contributed by atoms with Crippen LogP contribution in [0.5, 0.6) is 0 Å². The Labute approximate surface area is 193 Å². The zero-order chi connectivity index (χ0) is 23.8. The Balaban J connectivity index is 1.27. The van der Waals surface area contributed by atoms with Crippen molar-refractivity contribution >= 4 is 18.0 Å². The second-order valence-corrected chi connectivity index (χ2v) is 9.77. The first-order valence-corrected chi connectivity index (χ1v) is 11.3. The molecule has 2 aromatic carbocycles. The normalized spacial score (nSPS) is 19.1. The first-order valence-electron chi connectivity index (χ1n) is 11.3. The molecule has 1 fully saturated rings. The van der Waals surface area contributed by atoms with Crippen molar-refractivity contribution in [3.63, 3.8) is 0 Å². The third-order valence-electron chi connectivity index (χ3n) is 6.65. The smallest absolute Gasteiger partial charge is 0.407 e. The minimum absolute atomic E-state index is 0.00938. The molecule has 4 rings (SSSR count). The van der Waals surface area contributed by atoms with Gasteiger partial charge in [0.15, 0.2) is 0 Å². The second kappa shape index (κ2) is 8.89. The minimum Gasteiger partial charge on any atom is -0.480 e. The molecule has 2 N–H and O–H groups in total. The number of rotatable bonds is 7. The molecule has 1 aliphatic heterocycles. The number of hydrogen-bond donors (Lipinski definition) is 2. The molecule has 2 aromatic rings. The lowest BCUT2D eigenvalue weighted by atomic mass is 9.74. The van der Waals surface area contributed by atoms with Gasteiger partial charge in [0.25, 0.3) is 0 Å². The van der Waals surface area contributed by atoms with E-state index >= 15 is 0 Å². The highest BCUT2D eigenvalue weighted by Gasteiger charge is 2.52. The molecule has 0 spiro atoms. The van der Waals surface area contributed by atoms with Crippen LogP contribution >= 0.6 is 0 Å². The van der Waals surface area contributed by atoms with Crippen molar-refractivity contribution < 1.29 is 24.2 Å². The van der Waals surface area contributed by atoms with Crippen LogP contribution in [-0.2, 0) is 14.3 Å². The van der Waals surface area contributed by atoms with Gasteiger partial charge >= 0.3 is 12.1 Å². The summed E-state index contributed by atoms with van der Waals surface area (Å²) in [5.41, 5.74) is 4.21. The molecule has 2 unspecified atom stereocenters. The highest BCUT2D eigenvalue weighted by molar-refractivity contribution is 5.86. The van der Waals surface area contributed by atoms with Gasteiger partial charge in [0.05, 0.1) is 0 Å². The lowest BCUT2D eigenvalue weighted by molar-refractivity contribution is -0.172. The number of carbonyl (C=O) groups is 3. The summed E-state index contributed by atoms with van der Waals surface area (Å²) in [5.74, 6) is -1.34. The van der Waals surface area contributed by atoms with Gasteiger partial charge in [0.2, 0.25) is 5.91 Å². The maximum Gasteiger partial charge on any atom is 0.407 e. The van der Waals surface area contributed by atoms with Crippen molar-refractivity contribution in [2.75, 3.05) is 19.7 Å². The highest BCUT2D eigenvalue weighted by atomic mass is 16.5. The molecular weight excluding hydrogens is 420 g/mol. The molecule has 0 saturated carbocycles. The van der Waals surface area contributed by atoms with Gasteiger partial charge in [-0.3, -0.25) is 4.79 Å². The van der Waals surface area contributed by atoms with Gasteiger partial charge in [-0.05, 0) is 28.2 Å². The molecule has 2 aliphatic rings. The maximum absolute atomic E-state index is 12.5. The van der Waals surface area contributed by atoms with Crippen molar-refractivity contribution in [2.45, 2.75) is 39.2 Å². The Kier molecular flexibility index (Phi) is 6.15. The quantitative estimate of drug-likeness (QED) is 0.668. The molecule has 1 saturated heterocycles. The molecule has 2 amide bonds. The molecule has 33 heavy (non-hydrogen) atoms. The highest BCUT2D eigenvalue weighted by Crippen LogP contribution is 2.44. The van der Waals surface area contributed by atoms with E-state index in [4.69, 9.17) is 4.74 Å². The number of ether oxygens (including phenoxy) is 1. The van der Waals surface area contributed by atoms with E-state index in [1.165, 1.54) is 16.0 Å². The van der Waals surface area contributed by atoms with Crippen molar-refractivity contribution in [1.82, 2.24) is 10.2 Å². The summed E-state index contributed by atoms with van der Waals surface area (Å²) >= 11 is 0. The molecular formula is C26H30N2O5. The van der Waals surface area contributed by atoms with Crippen LogP contribution in [0.1, 0.15) is 44.2 Å². The Morgan fingerprint density at radius 1 is 1.09 bits per heavy atom. The molecule has 7 nitrogen and oxygen atoms in total. The van der Waals surface area contributed by atoms with Crippen molar-refractivity contribution in [2.24, 2.45) is 11.3 Å². The summed E-state index contributed by atoms with van der Waals surface area (Å²) in [6, 6.07) is 15.5. The van der Waals surface area contributed by atoms with E-state index in [1.807, 2.05) is 45.0 Å². The van der Waals surface area contributed by atoms with Crippen molar-refractivity contribution in [3.05, 3.63) is 59.7 Å². The second-order valence-electron chi connectivity index (χ2n) is 9.77. The number of likely N-dealkylation sites (tertiary alicyclic amines) is 1. The van der Waals surface area contributed by atoms with Gasteiger partial charge in [0, 0.05) is 30.8 Å². The first-order chi connectivity index (χ1) is 15.7. The largest absolute Gasteiger partial charge is 0.480 e. The predicted molar refractivity (Wildman–Crippen MR) is 124 cm³/mol. The fraction of sp³-hybridized carbons (Fsp3) is 0.423. The standard InChI is InChI=1S/C26H30N2O5/c1-16(12-22(29)28-15-26(2,3)23(28)24(30)31)13-27-25(32)33-14-21-19-10-6-4-8-17(19)18-9-5-7-11-20(18)21/h4-11,16,21,23H,12-15H2,1-3H3,(H,27,32)(H,30,31).